The molecule has 0 aliphatic rings. The summed E-state index contributed by atoms with van der Waals surface area (Å²) >= 11 is 3.58. The Bertz CT molecular complexity index is 743. The van der Waals surface area contributed by atoms with Crippen LogP contribution in [0.4, 0.5) is 0 Å². The zero-order valence-corrected chi connectivity index (χ0v) is 13.3. The van der Waals surface area contributed by atoms with Crippen LogP contribution in [0.1, 0.15) is 24.1 Å². The number of hydrogen-bond acceptors (Lipinski definition) is 3. The molecule has 0 aliphatic carbocycles. The maximum Gasteiger partial charge on any atom is 0.0758 e. The minimum absolute atomic E-state index is 0.274. The van der Waals surface area contributed by atoms with Crippen LogP contribution in [-0.4, -0.2) is 9.97 Å². The van der Waals surface area contributed by atoms with Crippen LogP contribution in [0, 0.1) is 0 Å². The van der Waals surface area contributed by atoms with Crippen molar-refractivity contribution in [3.8, 4) is 0 Å². The molecule has 0 aliphatic heterocycles. The molecular formula is C17H16BrN3. The van der Waals surface area contributed by atoms with Gasteiger partial charge >= 0.3 is 0 Å². The molecule has 4 heteroatoms. The Labute approximate surface area is 132 Å². The average molecular weight is 342 g/mol. The lowest BCUT2D eigenvalue weighted by Crippen LogP contribution is -2.18. The van der Waals surface area contributed by atoms with Gasteiger partial charge in [-0.25, -0.2) is 0 Å². The summed E-state index contributed by atoms with van der Waals surface area (Å²) in [4.78, 5) is 8.57. The van der Waals surface area contributed by atoms with Crippen molar-refractivity contribution in [3.05, 3.63) is 70.6 Å². The van der Waals surface area contributed by atoms with E-state index in [1.54, 1.807) is 0 Å². The zero-order chi connectivity index (χ0) is 14.7. The van der Waals surface area contributed by atoms with Crippen molar-refractivity contribution in [2.45, 2.75) is 19.5 Å². The Balaban J connectivity index is 1.81. The van der Waals surface area contributed by atoms with Crippen LogP contribution in [0.3, 0.4) is 0 Å². The van der Waals surface area contributed by atoms with Crippen molar-refractivity contribution < 1.29 is 0 Å². The fourth-order valence-corrected chi connectivity index (χ4v) is 2.82. The highest BCUT2D eigenvalue weighted by Crippen LogP contribution is 2.25. The van der Waals surface area contributed by atoms with Gasteiger partial charge < -0.3 is 5.32 Å². The number of benzene rings is 1. The molecule has 1 aromatic carbocycles. The fraction of sp³-hybridized carbons (Fsp3) is 0.176. The number of aromatic nitrogens is 2. The smallest absolute Gasteiger partial charge is 0.0758 e. The molecule has 3 aromatic rings. The first-order valence-corrected chi connectivity index (χ1v) is 7.70. The largest absolute Gasteiger partial charge is 0.306 e. The molecule has 0 saturated heterocycles. The molecule has 106 valence electrons. The summed E-state index contributed by atoms with van der Waals surface area (Å²) in [5.74, 6) is 0. The third kappa shape index (κ3) is 3.12. The van der Waals surface area contributed by atoms with Crippen molar-refractivity contribution in [2.75, 3.05) is 0 Å². The van der Waals surface area contributed by atoms with E-state index in [1.807, 2.05) is 36.8 Å². The molecule has 0 radical (unpaired) electrons. The fourth-order valence-electron chi connectivity index (χ4n) is 2.37. The van der Waals surface area contributed by atoms with E-state index in [0.717, 1.165) is 21.9 Å². The molecule has 0 saturated carbocycles. The highest BCUT2D eigenvalue weighted by Gasteiger charge is 2.08. The topological polar surface area (TPSA) is 37.8 Å². The molecule has 0 bridgehead atoms. The minimum Gasteiger partial charge on any atom is -0.306 e. The van der Waals surface area contributed by atoms with E-state index in [2.05, 4.69) is 56.3 Å². The summed E-state index contributed by atoms with van der Waals surface area (Å²) in [6.07, 6.45) is 5.48. The third-order valence-electron chi connectivity index (χ3n) is 3.60. The normalized spacial score (nSPS) is 12.5. The Hall–Kier alpha value is -1.78. The first kappa shape index (κ1) is 14.2. The number of fused-ring (bicyclic) bond motifs is 1. The molecule has 1 N–H and O–H groups in total. The molecule has 0 amide bonds. The maximum absolute atomic E-state index is 4.51. The van der Waals surface area contributed by atoms with Gasteiger partial charge in [0.15, 0.2) is 0 Å². The van der Waals surface area contributed by atoms with Crippen molar-refractivity contribution in [3.63, 3.8) is 0 Å². The van der Waals surface area contributed by atoms with Crippen LogP contribution in [0.15, 0.2) is 59.5 Å². The monoisotopic (exact) mass is 341 g/mol. The van der Waals surface area contributed by atoms with Crippen LogP contribution >= 0.6 is 15.9 Å². The quantitative estimate of drug-likeness (QED) is 0.771. The van der Waals surface area contributed by atoms with Gasteiger partial charge in [0.2, 0.25) is 0 Å². The molecule has 0 spiro atoms. The van der Waals surface area contributed by atoms with Crippen molar-refractivity contribution in [2.24, 2.45) is 0 Å². The summed E-state index contributed by atoms with van der Waals surface area (Å²) in [5, 5.41) is 4.69. The summed E-state index contributed by atoms with van der Waals surface area (Å²) in [5.41, 5.74) is 3.48. The van der Waals surface area contributed by atoms with E-state index in [-0.39, 0.29) is 6.04 Å². The predicted molar refractivity (Wildman–Crippen MR) is 88.9 cm³/mol. The van der Waals surface area contributed by atoms with Crippen LogP contribution < -0.4 is 5.32 Å². The lowest BCUT2D eigenvalue weighted by atomic mass is 10.1. The number of hydrogen-bond donors (Lipinski definition) is 1. The average Bonchev–Trinajstić information content (AvgIpc) is 2.55. The molecule has 3 nitrogen and oxygen atoms in total. The van der Waals surface area contributed by atoms with E-state index in [0.29, 0.717) is 0 Å². The Morgan fingerprint density at radius 3 is 2.71 bits per heavy atom. The highest BCUT2D eigenvalue weighted by molar-refractivity contribution is 9.10. The van der Waals surface area contributed by atoms with Gasteiger partial charge in [-0.15, -0.1) is 0 Å². The Morgan fingerprint density at radius 1 is 1.10 bits per heavy atom. The summed E-state index contributed by atoms with van der Waals surface area (Å²) in [7, 11) is 0. The SMILES string of the molecule is C[C@@H](NCc1ccc(Br)c2cccnc12)c1ccncc1. The van der Waals surface area contributed by atoms with Crippen LogP contribution in [0.5, 0.6) is 0 Å². The first-order chi connectivity index (χ1) is 10.3. The van der Waals surface area contributed by atoms with Crippen molar-refractivity contribution >= 4 is 26.8 Å². The number of pyridine rings is 2. The zero-order valence-electron chi connectivity index (χ0n) is 11.8. The van der Waals surface area contributed by atoms with E-state index < -0.39 is 0 Å². The van der Waals surface area contributed by atoms with Gasteiger partial charge in [-0.1, -0.05) is 28.1 Å². The lowest BCUT2D eigenvalue weighted by Gasteiger charge is -2.15. The van der Waals surface area contributed by atoms with Gasteiger partial charge in [0.25, 0.3) is 0 Å². The van der Waals surface area contributed by atoms with Crippen LogP contribution in [0.25, 0.3) is 10.9 Å². The maximum atomic E-state index is 4.51. The summed E-state index contributed by atoms with van der Waals surface area (Å²) < 4.78 is 1.08. The minimum atomic E-state index is 0.274. The van der Waals surface area contributed by atoms with E-state index in [1.165, 1.54) is 11.1 Å². The molecular weight excluding hydrogens is 326 g/mol. The standard InChI is InChI=1S/C17H16BrN3/c1-12(13-6-9-19-10-7-13)21-11-14-4-5-16(18)15-3-2-8-20-17(14)15/h2-10,12,21H,11H2,1H3/t12-/m1/s1. The molecule has 3 rings (SSSR count). The molecule has 0 fully saturated rings. The first-order valence-electron chi connectivity index (χ1n) is 6.91. The van der Waals surface area contributed by atoms with Gasteiger partial charge in [0.05, 0.1) is 5.52 Å². The van der Waals surface area contributed by atoms with E-state index >= 15 is 0 Å². The van der Waals surface area contributed by atoms with Gasteiger partial charge in [0, 0.05) is 41.0 Å². The van der Waals surface area contributed by atoms with Gasteiger partial charge in [-0.05, 0) is 42.3 Å². The molecule has 21 heavy (non-hydrogen) atoms. The number of rotatable bonds is 4. The lowest BCUT2D eigenvalue weighted by molar-refractivity contribution is 0.575. The van der Waals surface area contributed by atoms with Crippen LogP contribution in [-0.2, 0) is 6.54 Å². The molecule has 2 heterocycles. The molecule has 1 atom stereocenters. The number of nitrogens with zero attached hydrogens (tertiary/aromatic N) is 2. The second kappa shape index (κ2) is 6.33. The number of halogens is 1. The highest BCUT2D eigenvalue weighted by atomic mass is 79.9. The van der Waals surface area contributed by atoms with Crippen LogP contribution in [0.2, 0.25) is 0 Å². The second-order valence-electron chi connectivity index (χ2n) is 4.99. The second-order valence-corrected chi connectivity index (χ2v) is 5.84. The third-order valence-corrected chi connectivity index (χ3v) is 4.30. The van der Waals surface area contributed by atoms with Crippen molar-refractivity contribution in [1.29, 1.82) is 0 Å². The number of nitrogens with one attached hydrogen (secondary N) is 1. The van der Waals surface area contributed by atoms with Gasteiger partial charge in [-0.3, -0.25) is 9.97 Å². The van der Waals surface area contributed by atoms with Crippen molar-refractivity contribution in [1.82, 2.24) is 15.3 Å². The predicted octanol–water partition coefficient (Wildman–Crippen LogP) is 4.24. The summed E-state index contributed by atoms with van der Waals surface area (Å²) in [6.45, 7) is 2.94. The van der Waals surface area contributed by atoms with E-state index in [4.69, 9.17) is 0 Å². The van der Waals surface area contributed by atoms with E-state index in [9.17, 15) is 0 Å². The van der Waals surface area contributed by atoms with Gasteiger partial charge in [-0.2, -0.15) is 0 Å². The Kier molecular flexibility index (Phi) is 4.27. The molecule has 2 aromatic heterocycles. The Morgan fingerprint density at radius 2 is 1.90 bits per heavy atom. The van der Waals surface area contributed by atoms with Gasteiger partial charge in [0.1, 0.15) is 0 Å². The molecule has 0 unspecified atom stereocenters. The summed E-state index contributed by atoms with van der Waals surface area (Å²) in [6, 6.07) is 12.6.